The molecule has 2 aromatic rings. The van der Waals surface area contributed by atoms with Gasteiger partial charge in [-0.25, -0.2) is 9.37 Å². The molecule has 78 valence electrons. The van der Waals surface area contributed by atoms with Gasteiger partial charge in [0, 0.05) is 13.2 Å². The maximum atomic E-state index is 13.1. The first kappa shape index (κ1) is 9.71. The van der Waals surface area contributed by atoms with Crippen molar-refractivity contribution in [1.82, 2.24) is 9.55 Å². The minimum absolute atomic E-state index is 0.253. The van der Waals surface area contributed by atoms with E-state index in [1.54, 1.807) is 24.5 Å². The molecule has 0 aliphatic rings. The first-order valence-corrected chi connectivity index (χ1v) is 4.60. The lowest BCUT2D eigenvalue weighted by Crippen LogP contribution is -1.97. The van der Waals surface area contributed by atoms with E-state index in [2.05, 4.69) is 4.98 Å². The zero-order chi connectivity index (χ0) is 10.7. The Morgan fingerprint density at radius 2 is 2.20 bits per heavy atom. The molecule has 1 aromatic carbocycles. The SMILES string of the molecule is Cn1cnc(COc2ccccc2F)c1. The molecule has 0 spiro atoms. The molecule has 1 aromatic heterocycles. The van der Waals surface area contributed by atoms with Gasteiger partial charge in [-0.05, 0) is 12.1 Å². The number of hydrogen-bond donors (Lipinski definition) is 0. The van der Waals surface area contributed by atoms with Crippen LogP contribution in [0.5, 0.6) is 5.75 Å². The minimum atomic E-state index is -0.353. The number of hydrogen-bond acceptors (Lipinski definition) is 2. The number of imidazole rings is 1. The number of aromatic nitrogens is 2. The monoisotopic (exact) mass is 206 g/mol. The smallest absolute Gasteiger partial charge is 0.165 e. The van der Waals surface area contributed by atoms with Crippen LogP contribution in [-0.4, -0.2) is 9.55 Å². The van der Waals surface area contributed by atoms with E-state index in [-0.39, 0.29) is 18.2 Å². The van der Waals surface area contributed by atoms with Crippen LogP contribution in [0, 0.1) is 5.82 Å². The third kappa shape index (κ3) is 2.34. The van der Waals surface area contributed by atoms with Gasteiger partial charge in [-0.15, -0.1) is 0 Å². The van der Waals surface area contributed by atoms with E-state index in [0.29, 0.717) is 0 Å². The molecule has 0 radical (unpaired) electrons. The van der Waals surface area contributed by atoms with Crippen molar-refractivity contribution in [3.8, 4) is 5.75 Å². The fourth-order valence-electron chi connectivity index (χ4n) is 1.25. The largest absolute Gasteiger partial charge is 0.484 e. The molecule has 0 aliphatic heterocycles. The molecule has 1 heterocycles. The molecule has 0 bridgehead atoms. The van der Waals surface area contributed by atoms with Gasteiger partial charge in [0.2, 0.25) is 0 Å². The minimum Gasteiger partial charge on any atom is -0.484 e. The molecule has 0 N–H and O–H groups in total. The van der Waals surface area contributed by atoms with Gasteiger partial charge in [0.1, 0.15) is 6.61 Å². The predicted molar refractivity (Wildman–Crippen MR) is 53.9 cm³/mol. The molecular weight excluding hydrogens is 195 g/mol. The zero-order valence-corrected chi connectivity index (χ0v) is 8.35. The number of para-hydroxylation sites is 1. The highest BCUT2D eigenvalue weighted by molar-refractivity contribution is 5.23. The zero-order valence-electron chi connectivity index (χ0n) is 8.35. The number of ether oxygens (including phenoxy) is 1. The average molecular weight is 206 g/mol. The molecular formula is C11H11FN2O. The Balaban J connectivity index is 2.02. The summed E-state index contributed by atoms with van der Waals surface area (Å²) in [4.78, 5) is 4.08. The lowest BCUT2D eigenvalue weighted by atomic mass is 10.3. The topological polar surface area (TPSA) is 27.1 Å². The van der Waals surface area contributed by atoms with Crippen LogP contribution >= 0.6 is 0 Å². The van der Waals surface area contributed by atoms with E-state index in [1.165, 1.54) is 6.07 Å². The second kappa shape index (κ2) is 4.13. The number of benzene rings is 1. The summed E-state index contributed by atoms with van der Waals surface area (Å²) in [6.07, 6.45) is 3.51. The van der Waals surface area contributed by atoms with Crippen molar-refractivity contribution in [3.05, 3.63) is 48.3 Å². The number of rotatable bonds is 3. The van der Waals surface area contributed by atoms with Crippen molar-refractivity contribution in [2.24, 2.45) is 7.05 Å². The Hall–Kier alpha value is -1.84. The Morgan fingerprint density at radius 1 is 1.40 bits per heavy atom. The van der Waals surface area contributed by atoms with E-state index in [9.17, 15) is 4.39 Å². The van der Waals surface area contributed by atoms with E-state index in [0.717, 1.165) is 5.69 Å². The molecule has 3 nitrogen and oxygen atoms in total. The van der Waals surface area contributed by atoms with Gasteiger partial charge in [0.15, 0.2) is 11.6 Å². The number of halogens is 1. The standard InChI is InChI=1S/C11H11FN2O/c1-14-6-9(13-8-14)7-15-11-5-3-2-4-10(11)12/h2-6,8H,7H2,1H3. The normalized spacial score (nSPS) is 10.3. The summed E-state index contributed by atoms with van der Waals surface area (Å²) in [6.45, 7) is 0.280. The van der Waals surface area contributed by atoms with Crippen LogP contribution in [0.3, 0.4) is 0 Å². The molecule has 0 fully saturated rings. The second-order valence-corrected chi connectivity index (χ2v) is 3.25. The van der Waals surface area contributed by atoms with E-state index >= 15 is 0 Å². The molecule has 0 amide bonds. The maximum absolute atomic E-state index is 13.1. The first-order valence-electron chi connectivity index (χ1n) is 4.60. The summed E-state index contributed by atoms with van der Waals surface area (Å²) in [6, 6.07) is 6.33. The fourth-order valence-corrected chi connectivity index (χ4v) is 1.25. The summed E-state index contributed by atoms with van der Waals surface area (Å²) in [5, 5.41) is 0. The van der Waals surface area contributed by atoms with Crippen molar-refractivity contribution >= 4 is 0 Å². The Kier molecular flexibility index (Phi) is 2.67. The number of nitrogens with zero attached hydrogens (tertiary/aromatic N) is 2. The lowest BCUT2D eigenvalue weighted by Gasteiger charge is -2.04. The third-order valence-corrected chi connectivity index (χ3v) is 1.97. The van der Waals surface area contributed by atoms with Crippen LogP contribution < -0.4 is 4.74 Å². The Bertz CT molecular complexity index is 453. The van der Waals surface area contributed by atoms with Crippen LogP contribution in [0.4, 0.5) is 4.39 Å². The quantitative estimate of drug-likeness (QED) is 0.769. The van der Waals surface area contributed by atoms with Crippen LogP contribution in [0.15, 0.2) is 36.8 Å². The lowest BCUT2D eigenvalue weighted by molar-refractivity contribution is 0.286. The van der Waals surface area contributed by atoms with Crippen molar-refractivity contribution in [2.45, 2.75) is 6.61 Å². The van der Waals surface area contributed by atoms with Gasteiger partial charge in [-0.1, -0.05) is 12.1 Å². The summed E-state index contributed by atoms with van der Waals surface area (Å²) in [5.74, 6) is -0.100. The summed E-state index contributed by atoms with van der Waals surface area (Å²) < 4.78 is 20.3. The Labute approximate surface area is 87.1 Å². The van der Waals surface area contributed by atoms with Gasteiger partial charge < -0.3 is 9.30 Å². The van der Waals surface area contributed by atoms with E-state index in [1.807, 2.05) is 17.8 Å². The predicted octanol–water partition coefficient (Wildman–Crippen LogP) is 2.14. The molecule has 0 atom stereocenters. The van der Waals surface area contributed by atoms with Gasteiger partial charge in [-0.3, -0.25) is 0 Å². The van der Waals surface area contributed by atoms with Crippen LogP contribution in [0.25, 0.3) is 0 Å². The highest BCUT2D eigenvalue weighted by Crippen LogP contribution is 2.16. The summed E-state index contributed by atoms with van der Waals surface area (Å²) in [5.41, 5.74) is 0.778. The van der Waals surface area contributed by atoms with E-state index in [4.69, 9.17) is 4.74 Å². The molecule has 0 saturated heterocycles. The van der Waals surface area contributed by atoms with Gasteiger partial charge in [-0.2, -0.15) is 0 Å². The van der Waals surface area contributed by atoms with Crippen LogP contribution in [0.2, 0.25) is 0 Å². The van der Waals surface area contributed by atoms with Crippen LogP contribution in [0.1, 0.15) is 5.69 Å². The second-order valence-electron chi connectivity index (χ2n) is 3.25. The molecule has 0 saturated carbocycles. The van der Waals surface area contributed by atoms with Gasteiger partial charge in [0.05, 0.1) is 12.0 Å². The molecule has 15 heavy (non-hydrogen) atoms. The number of aryl methyl sites for hydroxylation is 1. The van der Waals surface area contributed by atoms with Crippen molar-refractivity contribution in [3.63, 3.8) is 0 Å². The highest BCUT2D eigenvalue weighted by Gasteiger charge is 2.02. The van der Waals surface area contributed by atoms with Crippen molar-refractivity contribution < 1.29 is 9.13 Å². The maximum Gasteiger partial charge on any atom is 0.165 e. The molecule has 2 rings (SSSR count). The first-order chi connectivity index (χ1) is 7.25. The van der Waals surface area contributed by atoms with E-state index < -0.39 is 0 Å². The van der Waals surface area contributed by atoms with Gasteiger partial charge >= 0.3 is 0 Å². The summed E-state index contributed by atoms with van der Waals surface area (Å²) in [7, 11) is 1.87. The highest BCUT2D eigenvalue weighted by atomic mass is 19.1. The molecule has 4 heteroatoms. The molecule has 0 aliphatic carbocycles. The summed E-state index contributed by atoms with van der Waals surface area (Å²) >= 11 is 0. The third-order valence-electron chi connectivity index (χ3n) is 1.97. The van der Waals surface area contributed by atoms with Crippen molar-refractivity contribution in [1.29, 1.82) is 0 Å². The van der Waals surface area contributed by atoms with Crippen molar-refractivity contribution in [2.75, 3.05) is 0 Å². The Morgan fingerprint density at radius 3 is 2.87 bits per heavy atom. The fraction of sp³-hybridized carbons (Fsp3) is 0.182. The average Bonchev–Trinajstić information content (AvgIpc) is 2.63. The van der Waals surface area contributed by atoms with Crippen LogP contribution in [-0.2, 0) is 13.7 Å². The van der Waals surface area contributed by atoms with Gasteiger partial charge in [0.25, 0.3) is 0 Å². The molecule has 0 unspecified atom stereocenters.